The zero-order chi connectivity index (χ0) is 19.3. The number of hydrogen-bond donors (Lipinski definition) is 1. The molecule has 1 aliphatic rings. The van der Waals surface area contributed by atoms with Gasteiger partial charge in [-0.25, -0.2) is 0 Å². The normalized spacial score (nSPS) is 12.5. The Morgan fingerprint density at radius 3 is 2.43 bits per heavy atom. The predicted octanol–water partition coefficient (Wildman–Crippen LogP) is 5.96. The summed E-state index contributed by atoms with van der Waals surface area (Å²) in [5.74, 6) is 2.36. The van der Waals surface area contributed by atoms with E-state index in [1.54, 1.807) is 12.1 Å². The molecule has 4 nitrogen and oxygen atoms in total. The van der Waals surface area contributed by atoms with Crippen LogP contribution in [0, 0.1) is 0 Å². The van der Waals surface area contributed by atoms with Crippen LogP contribution in [0.2, 0.25) is 10.0 Å². The molecular formula is C22H19Cl2NO3. The van der Waals surface area contributed by atoms with Gasteiger partial charge in [-0.3, -0.25) is 0 Å². The van der Waals surface area contributed by atoms with Gasteiger partial charge in [0, 0.05) is 33.9 Å². The topological polar surface area (TPSA) is 39.7 Å². The second-order valence-corrected chi connectivity index (χ2v) is 7.22. The highest BCUT2D eigenvalue weighted by Crippen LogP contribution is 2.32. The Kier molecular flexibility index (Phi) is 5.79. The van der Waals surface area contributed by atoms with Crippen LogP contribution in [0.4, 0.5) is 5.69 Å². The molecule has 0 unspecified atom stereocenters. The fraction of sp³-hybridized carbons (Fsp3) is 0.182. The molecule has 0 saturated heterocycles. The molecule has 1 N–H and O–H groups in total. The van der Waals surface area contributed by atoms with Crippen molar-refractivity contribution in [2.24, 2.45) is 0 Å². The molecule has 1 heterocycles. The van der Waals surface area contributed by atoms with Gasteiger partial charge in [0.2, 0.25) is 0 Å². The molecule has 3 aromatic carbocycles. The summed E-state index contributed by atoms with van der Waals surface area (Å²) in [6.07, 6.45) is 0. The minimum atomic E-state index is 0.394. The van der Waals surface area contributed by atoms with Gasteiger partial charge >= 0.3 is 0 Å². The van der Waals surface area contributed by atoms with Gasteiger partial charge in [0.25, 0.3) is 0 Å². The van der Waals surface area contributed by atoms with Crippen LogP contribution in [0.1, 0.15) is 11.1 Å². The standard InChI is InChI=1S/C22H19Cl2NO3/c23-17-4-3-16(20(24)11-17)14-28-19-6-1-15(2-7-19)13-25-18-5-8-21-22(12-18)27-10-9-26-21/h1-8,11-12,25H,9-10,13-14H2. The molecule has 0 bridgehead atoms. The maximum Gasteiger partial charge on any atom is 0.163 e. The van der Waals surface area contributed by atoms with E-state index in [1.807, 2.05) is 48.5 Å². The summed E-state index contributed by atoms with van der Waals surface area (Å²) in [6, 6.07) is 19.2. The molecule has 4 rings (SSSR count). The first kappa shape index (κ1) is 18.8. The van der Waals surface area contributed by atoms with E-state index < -0.39 is 0 Å². The summed E-state index contributed by atoms with van der Waals surface area (Å²) < 4.78 is 17.0. The molecule has 3 aromatic rings. The summed E-state index contributed by atoms with van der Waals surface area (Å²) in [5, 5.41) is 4.61. The van der Waals surface area contributed by atoms with Crippen LogP contribution >= 0.6 is 23.2 Å². The number of fused-ring (bicyclic) bond motifs is 1. The van der Waals surface area contributed by atoms with E-state index in [4.69, 9.17) is 37.4 Å². The quantitative estimate of drug-likeness (QED) is 0.539. The Bertz CT molecular complexity index is 960. The van der Waals surface area contributed by atoms with Crippen molar-refractivity contribution in [3.05, 3.63) is 81.8 Å². The maximum atomic E-state index is 6.18. The van der Waals surface area contributed by atoms with Crippen LogP contribution in [0.3, 0.4) is 0 Å². The number of nitrogens with one attached hydrogen (secondary N) is 1. The molecular weight excluding hydrogens is 397 g/mol. The van der Waals surface area contributed by atoms with Crippen LogP contribution in [-0.4, -0.2) is 13.2 Å². The molecule has 28 heavy (non-hydrogen) atoms. The van der Waals surface area contributed by atoms with Crippen molar-refractivity contribution < 1.29 is 14.2 Å². The van der Waals surface area contributed by atoms with E-state index in [1.165, 1.54) is 0 Å². The Morgan fingerprint density at radius 1 is 0.857 bits per heavy atom. The van der Waals surface area contributed by atoms with Gasteiger partial charge in [-0.15, -0.1) is 0 Å². The highest BCUT2D eigenvalue weighted by molar-refractivity contribution is 6.35. The third-order valence-corrected chi connectivity index (χ3v) is 4.96. The monoisotopic (exact) mass is 415 g/mol. The molecule has 0 spiro atoms. The molecule has 0 atom stereocenters. The number of rotatable bonds is 6. The zero-order valence-electron chi connectivity index (χ0n) is 15.1. The first-order valence-electron chi connectivity index (χ1n) is 8.96. The van der Waals surface area contributed by atoms with Crippen LogP contribution < -0.4 is 19.5 Å². The van der Waals surface area contributed by atoms with Crippen LogP contribution in [-0.2, 0) is 13.2 Å². The van der Waals surface area contributed by atoms with Gasteiger partial charge in [-0.2, -0.15) is 0 Å². The molecule has 0 aromatic heterocycles. The number of benzene rings is 3. The van der Waals surface area contributed by atoms with Crippen molar-refractivity contribution in [2.45, 2.75) is 13.2 Å². The maximum absolute atomic E-state index is 6.18. The highest BCUT2D eigenvalue weighted by atomic mass is 35.5. The lowest BCUT2D eigenvalue weighted by atomic mass is 10.2. The van der Waals surface area contributed by atoms with E-state index >= 15 is 0 Å². The second kappa shape index (κ2) is 8.63. The van der Waals surface area contributed by atoms with E-state index in [0.29, 0.717) is 36.4 Å². The van der Waals surface area contributed by atoms with Crippen molar-refractivity contribution in [1.82, 2.24) is 0 Å². The largest absolute Gasteiger partial charge is 0.489 e. The van der Waals surface area contributed by atoms with Crippen LogP contribution in [0.15, 0.2) is 60.7 Å². The van der Waals surface area contributed by atoms with Crippen LogP contribution in [0.25, 0.3) is 0 Å². The fourth-order valence-corrected chi connectivity index (χ4v) is 3.32. The minimum Gasteiger partial charge on any atom is -0.489 e. The molecule has 1 aliphatic heterocycles. The van der Waals surface area contributed by atoms with Crippen molar-refractivity contribution in [3.8, 4) is 17.2 Å². The lowest BCUT2D eigenvalue weighted by molar-refractivity contribution is 0.171. The molecule has 0 amide bonds. The Labute approximate surface area is 173 Å². The molecule has 0 radical (unpaired) electrons. The molecule has 0 fully saturated rings. The average molecular weight is 416 g/mol. The van der Waals surface area contributed by atoms with E-state index in [2.05, 4.69) is 5.32 Å². The highest BCUT2D eigenvalue weighted by Gasteiger charge is 2.11. The summed E-state index contributed by atoms with van der Waals surface area (Å²) in [4.78, 5) is 0. The number of anilines is 1. The smallest absolute Gasteiger partial charge is 0.163 e. The molecule has 0 aliphatic carbocycles. The minimum absolute atomic E-state index is 0.394. The molecule has 0 saturated carbocycles. The summed E-state index contributed by atoms with van der Waals surface area (Å²) in [6.45, 7) is 2.27. The van der Waals surface area contributed by atoms with E-state index in [9.17, 15) is 0 Å². The van der Waals surface area contributed by atoms with Gasteiger partial charge in [0.05, 0.1) is 0 Å². The van der Waals surface area contributed by atoms with Gasteiger partial charge in [0.1, 0.15) is 25.6 Å². The number of halogens is 2. The van der Waals surface area contributed by atoms with Gasteiger partial charge in [0.15, 0.2) is 11.5 Å². The van der Waals surface area contributed by atoms with E-state index in [0.717, 1.165) is 34.1 Å². The van der Waals surface area contributed by atoms with Gasteiger partial charge < -0.3 is 19.5 Å². The Balaban J connectivity index is 1.32. The van der Waals surface area contributed by atoms with Gasteiger partial charge in [-0.05, 0) is 42.0 Å². The number of hydrogen-bond acceptors (Lipinski definition) is 4. The Morgan fingerprint density at radius 2 is 1.64 bits per heavy atom. The molecule has 6 heteroatoms. The lowest BCUT2D eigenvalue weighted by Crippen LogP contribution is -2.15. The lowest BCUT2D eigenvalue weighted by Gasteiger charge is -2.19. The fourth-order valence-electron chi connectivity index (χ4n) is 2.86. The van der Waals surface area contributed by atoms with E-state index in [-0.39, 0.29) is 0 Å². The Hall–Kier alpha value is -2.56. The number of ether oxygens (including phenoxy) is 3. The third kappa shape index (κ3) is 4.64. The summed E-state index contributed by atoms with van der Waals surface area (Å²) in [5.41, 5.74) is 3.03. The zero-order valence-corrected chi connectivity index (χ0v) is 16.6. The van der Waals surface area contributed by atoms with Crippen molar-refractivity contribution in [1.29, 1.82) is 0 Å². The van der Waals surface area contributed by atoms with Crippen LogP contribution in [0.5, 0.6) is 17.2 Å². The predicted molar refractivity (Wildman–Crippen MR) is 112 cm³/mol. The summed E-state index contributed by atoms with van der Waals surface area (Å²) >= 11 is 12.1. The molecule has 144 valence electrons. The van der Waals surface area contributed by atoms with Crippen molar-refractivity contribution in [3.63, 3.8) is 0 Å². The SMILES string of the molecule is Clc1ccc(COc2ccc(CNc3ccc4c(c3)OCCO4)cc2)c(Cl)c1. The first-order valence-corrected chi connectivity index (χ1v) is 9.72. The second-order valence-electron chi connectivity index (χ2n) is 6.38. The average Bonchev–Trinajstić information content (AvgIpc) is 2.72. The third-order valence-electron chi connectivity index (χ3n) is 4.37. The summed E-state index contributed by atoms with van der Waals surface area (Å²) in [7, 11) is 0. The van der Waals surface area contributed by atoms with Gasteiger partial charge in [-0.1, -0.05) is 41.4 Å². The van der Waals surface area contributed by atoms with Crippen molar-refractivity contribution in [2.75, 3.05) is 18.5 Å². The first-order chi connectivity index (χ1) is 13.7. The van der Waals surface area contributed by atoms with Crippen molar-refractivity contribution >= 4 is 28.9 Å².